The summed E-state index contributed by atoms with van der Waals surface area (Å²) in [7, 11) is -2.16. The number of methoxy groups -OCH3 is 1. The van der Waals surface area contributed by atoms with Gasteiger partial charge in [0.1, 0.15) is 0 Å². The van der Waals surface area contributed by atoms with Crippen molar-refractivity contribution in [1.82, 2.24) is 9.62 Å². The van der Waals surface area contributed by atoms with Crippen LogP contribution in [0.1, 0.15) is 44.7 Å². The number of carbonyl (C=O) groups is 1. The highest BCUT2D eigenvalue weighted by Gasteiger charge is 2.31. The summed E-state index contributed by atoms with van der Waals surface area (Å²) in [5.41, 5.74) is 2.48. The van der Waals surface area contributed by atoms with Crippen molar-refractivity contribution in [2.24, 2.45) is 5.41 Å². The molecule has 0 spiro atoms. The van der Waals surface area contributed by atoms with E-state index in [-0.39, 0.29) is 36.0 Å². The van der Waals surface area contributed by atoms with E-state index in [0.29, 0.717) is 6.54 Å². The molecule has 0 saturated heterocycles. The number of nitrogens with one attached hydrogen (secondary N) is 1. The van der Waals surface area contributed by atoms with Gasteiger partial charge in [-0.15, -0.1) is 0 Å². The maximum Gasteiger partial charge on any atom is 0.305 e. The van der Waals surface area contributed by atoms with Crippen molar-refractivity contribution in [3.8, 4) is 0 Å². The second-order valence-corrected chi connectivity index (χ2v) is 10.2. The number of nitrogens with zero attached hydrogens (tertiary/aromatic N) is 1. The molecule has 2 rings (SSSR count). The summed E-state index contributed by atoms with van der Waals surface area (Å²) in [6.45, 7) is 8.57. The minimum Gasteiger partial charge on any atom is -0.469 e. The Hall–Kier alpha value is -1.44. The zero-order valence-corrected chi connectivity index (χ0v) is 17.6. The molecule has 0 amide bonds. The van der Waals surface area contributed by atoms with Crippen LogP contribution in [0.25, 0.3) is 0 Å². The zero-order chi connectivity index (χ0) is 20.1. The first-order chi connectivity index (χ1) is 12.6. The van der Waals surface area contributed by atoms with Gasteiger partial charge in [0.25, 0.3) is 0 Å². The van der Waals surface area contributed by atoms with E-state index in [1.54, 1.807) is 0 Å². The van der Waals surface area contributed by atoms with Gasteiger partial charge in [0.15, 0.2) is 0 Å². The highest BCUT2D eigenvalue weighted by atomic mass is 32.2. The molecule has 1 aromatic carbocycles. The van der Waals surface area contributed by atoms with E-state index in [1.807, 2.05) is 26.8 Å². The van der Waals surface area contributed by atoms with Crippen molar-refractivity contribution in [3.63, 3.8) is 0 Å². The summed E-state index contributed by atoms with van der Waals surface area (Å²) in [6.07, 6.45) is 1.36. The van der Waals surface area contributed by atoms with E-state index in [9.17, 15) is 13.2 Å². The summed E-state index contributed by atoms with van der Waals surface area (Å²) in [5.74, 6) is -0.457. The fraction of sp³-hybridized carbons (Fsp3) is 0.650. The predicted molar refractivity (Wildman–Crippen MR) is 107 cm³/mol. The number of fused-ring (bicyclic) bond motifs is 1. The summed E-state index contributed by atoms with van der Waals surface area (Å²) in [6, 6.07) is 8.22. The minimum absolute atomic E-state index is 0.0719. The molecule has 1 aromatic rings. The number of esters is 1. The highest BCUT2D eigenvalue weighted by Crippen LogP contribution is 2.24. The fourth-order valence-electron chi connectivity index (χ4n) is 3.24. The van der Waals surface area contributed by atoms with Gasteiger partial charge in [0.05, 0.1) is 12.9 Å². The third-order valence-electron chi connectivity index (χ3n) is 5.04. The first-order valence-corrected chi connectivity index (χ1v) is 11.1. The molecule has 152 valence electrons. The van der Waals surface area contributed by atoms with E-state index in [0.717, 1.165) is 19.5 Å². The largest absolute Gasteiger partial charge is 0.469 e. The van der Waals surface area contributed by atoms with Gasteiger partial charge in [-0.2, -0.15) is 0 Å². The monoisotopic (exact) mass is 396 g/mol. The molecule has 0 fully saturated rings. The van der Waals surface area contributed by atoms with Crippen LogP contribution < -0.4 is 4.72 Å². The van der Waals surface area contributed by atoms with Crippen molar-refractivity contribution >= 4 is 16.0 Å². The third-order valence-corrected chi connectivity index (χ3v) is 6.51. The van der Waals surface area contributed by atoms with Crippen LogP contribution in [0.4, 0.5) is 0 Å². The number of hydrogen-bond donors (Lipinski definition) is 1. The minimum atomic E-state index is -3.46. The van der Waals surface area contributed by atoms with Crippen LogP contribution in [-0.4, -0.2) is 51.3 Å². The third kappa shape index (κ3) is 6.90. The Kier molecular flexibility index (Phi) is 7.42. The van der Waals surface area contributed by atoms with E-state index >= 15 is 0 Å². The summed E-state index contributed by atoms with van der Waals surface area (Å²) in [5, 5.41) is 0. The van der Waals surface area contributed by atoms with Crippen LogP contribution in [0.15, 0.2) is 24.3 Å². The van der Waals surface area contributed by atoms with E-state index in [1.165, 1.54) is 18.2 Å². The Balaban J connectivity index is 1.98. The van der Waals surface area contributed by atoms with E-state index in [4.69, 9.17) is 0 Å². The van der Waals surface area contributed by atoms with Crippen molar-refractivity contribution < 1.29 is 17.9 Å². The van der Waals surface area contributed by atoms with Crippen LogP contribution in [0.2, 0.25) is 0 Å². The molecule has 0 aliphatic carbocycles. The Morgan fingerprint density at radius 1 is 1.26 bits per heavy atom. The molecule has 27 heavy (non-hydrogen) atoms. The molecule has 7 heteroatoms. The number of carbonyl (C=O) groups excluding carboxylic acids is 1. The Morgan fingerprint density at radius 3 is 2.56 bits per heavy atom. The van der Waals surface area contributed by atoms with Crippen LogP contribution in [0.3, 0.4) is 0 Å². The van der Waals surface area contributed by atoms with E-state index < -0.39 is 10.0 Å². The Labute approximate surface area is 163 Å². The van der Waals surface area contributed by atoms with Gasteiger partial charge >= 0.3 is 5.97 Å². The van der Waals surface area contributed by atoms with Gasteiger partial charge in [-0.3, -0.25) is 9.69 Å². The molecule has 1 N–H and O–H groups in total. The zero-order valence-electron chi connectivity index (χ0n) is 16.8. The first kappa shape index (κ1) is 21.9. The second-order valence-electron chi connectivity index (χ2n) is 8.29. The average molecular weight is 397 g/mol. The second kappa shape index (κ2) is 9.17. The van der Waals surface area contributed by atoms with Crippen LogP contribution in [0.5, 0.6) is 0 Å². The SMILES string of the molecule is COC(=O)CCCS(=O)(=O)NC(CN1CCc2ccccc2C1)C(C)(C)C. The molecule has 1 aliphatic heterocycles. The first-order valence-electron chi connectivity index (χ1n) is 9.46. The topological polar surface area (TPSA) is 75.7 Å². The molecule has 0 saturated carbocycles. The van der Waals surface area contributed by atoms with Crippen molar-refractivity contribution in [2.75, 3.05) is 26.0 Å². The van der Waals surface area contributed by atoms with Crippen LogP contribution in [0, 0.1) is 5.41 Å². The quantitative estimate of drug-likeness (QED) is 0.683. The lowest BCUT2D eigenvalue weighted by molar-refractivity contribution is -0.140. The summed E-state index contributed by atoms with van der Waals surface area (Å²) in [4.78, 5) is 13.5. The number of sulfonamides is 1. The van der Waals surface area contributed by atoms with Crippen molar-refractivity contribution in [3.05, 3.63) is 35.4 Å². The molecule has 6 nitrogen and oxygen atoms in total. The molecule has 0 bridgehead atoms. The van der Waals surface area contributed by atoms with Gasteiger partial charge in [-0.25, -0.2) is 13.1 Å². The van der Waals surface area contributed by atoms with Crippen LogP contribution in [-0.2, 0) is 32.5 Å². The van der Waals surface area contributed by atoms with Gasteiger partial charge in [-0.1, -0.05) is 45.0 Å². The lowest BCUT2D eigenvalue weighted by Crippen LogP contribution is -2.51. The Bertz CT molecular complexity index is 741. The maximum atomic E-state index is 12.5. The summed E-state index contributed by atoms with van der Waals surface area (Å²) < 4.78 is 32.5. The van der Waals surface area contributed by atoms with Gasteiger partial charge < -0.3 is 4.74 Å². The molecule has 1 aliphatic rings. The molecular weight excluding hydrogens is 364 g/mol. The summed E-state index contributed by atoms with van der Waals surface area (Å²) >= 11 is 0. The van der Waals surface area contributed by atoms with E-state index in [2.05, 4.69) is 32.6 Å². The standard InChI is InChI=1S/C20H32N2O4S/c1-20(2,3)18(21-27(24,25)13-7-10-19(23)26-4)15-22-12-11-16-8-5-6-9-17(16)14-22/h5-6,8-9,18,21H,7,10-15H2,1-4H3. The highest BCUT2D eigenvalue weighted by molar-refractivity contribution is 7.89. The predicted octanol–water partition coefficient (Wildman–Crippen LogP) is 2.33. The van der Waals surface area contributed by atoms with Gasteiger partial charge in [0, 0.05) is 32.1 Å². The average Bonchev–Trinajstić information content (AvgIpc) is 2.59. The smallest absolute Gasteiger partial charge is 0.305 e. The number of hydrogen-bond acceptors (Lipinski definition) is 5. The van der Waals surface area contributed by atoms with Crippen molar-refractivity contribution in [2.45, 2.75) is 52.6 Å². The molecular formula is C20H32N2O4S. The fourth-order valence-corrected chi connectivity index (χ4v) is 4.74. The maximum absolute atomic E-state index is 12.5. The molecule has 0 aromatic heterocycles. The van der Waals surface area contributed by atoms with Gasteiger partial charge in [-0.05, 0) is 29.4 Å². The Morgan fingerprint density at radius 2 is 1.93 bits per heavy atom. The van der Waals surface area contributed by atoms with Gasteiger partial charge in [0.2, 0.25) is 10.0 Å². The van der Waals surface area contributed by atoms with Crippen LogP contribution >= 0.6 is 0 Å². The number of ether oxygens (including phenoxy) is 1. The number of benzene rings is 1. The normalized spacial score (nSPS) is 16.6. The molecule has 0 radical (unpaired) electrons. The molecule has 1 atom stereocenters. The molecule has 1 heterocycles. The lowest BCUT2D eigenvalue weighted by Gasteiger charge is -2.37. The number of rotatable bonds is 8. The van der Waals surface area contributed by atoms with Crippen molar-refractivity contribution in [1.29, 1.82) is 0 Å². The molecule has 1 unspecified atom stereocenters. The lowest BCUT2D eigenvalue weighted by atomic mass is 9.86.